The summed E-state index contributed by atoms with van der Waals surface area (Å²) in [7, 11) is 1.55. The highest BCUT2D eigenvalue weighted by atomic mass is 16.5. The molecule has 1 aliphatic rings. The number of aliphatic hydroxyl groups is 1. The monoisotopic (exact) mass is 471 g/mol. The van der Waals surface area contributed by atoms with E-state index in [0.717, 1.165) is 16.7 Å². The fourth-order valence-electron chi connectivity index (χ4n) is 4.23. The summed E-state index contributed by atoms with van der Waals surface area (Å²) in [5, 5.41) is 10.7. The number of ether oxygens (including phenoxy) is 2. The largest absolute Gasteiger partial charge is 0.503 e. The molecule has 3 aromatic rings. The lowest BCUT2D eigenvalue weighted by atomic mass is 9.93. The average Bonchev–Trinajstić information content (AvgIpc) is 3.16. The summed E-state index contributed by atoms with van der Waals surface area (Å²) in [5.41, 5.74) is 2.95. The number of hydrogen-bond donors (Lipinski definition) is 1. The Kier molecular flexibility index (Phi) is 7.95. The van der Waals surface area contributed by atoms with Crippen LogP contribution in [0.4, 0.5) is 0 Å². The predicted molar refractivity (Wildman–Crippen MR) is 133 cm³/mol. The van der Waals surface area contributed by atoms with Crippen molar-refractivity contribution in [3.05, 3.63) is 113 Å². The molecule has 0 saturated heterocycles. The van der Waals surface area contributed by atoms with Crippen molar-refractivity contribution in [2.75, 3.05) is 20.3 Å². The van der Waals surface area contributed by atoms with E-state index in [1.807, 2.05) is 84.9 Å². The van der Waals surface area contributed by atoms with E-state index >= 15 is 0 Å². The van der Waals surface area contributed by atoms with Crippen LogP contribution in [0.3, 0.4) is 0 Å². The molecular weight excluding hydrogens is 442 g/mol. The molecule has 4 rings (SSSR count). The summed E-state index contributed by atoms with van der Waals surface area (Å²) in [4.78, 5) is 27.6. The molecule has 0 saturated carbocycles. The number of aryl methyl sites for hydroxylation is 1. The van der Waals surface area contributed by atoms with Gasteiger partial charge in [-0.15, -0.1) is 0 Å². The van der Waals surface area contributed by atoms with Gasteiger partial charge in [-0.3, -0.25) is 9.59 Å². The number of aliphatic hydroxyl groups excluding tert-OH is 1. The minimum atomic E-state index is -0.677. The lowest BCUT2D eigenvalue weighted by molar-refractivity contribution is -0.130. The van der Waals surface area contributed by atoms with Crippen molar-refractivity contribution >= 4 is 11.7 Å². The second kappa shape index (κ2) is 11.5. The third-order valence-corrected chi connectivity index (χ3v) is 6.07. The summed E-state index contributed by atoms with van der Waals surface area (Å²) in [5.74, 6) is -0.599. The maximum absolute atomic E-state index is 13.3. The van der Waals surface area contributed by atoms with Crippen molar-refractivity contribution in [1.29, 1.82) is 0 Å². The molecule has 0 aliphatic carbocycles. The summed E-state index contributed by atoms with van der Waals surface area (Å²) < 4.78 is 11.0. The Morgan fingerprint density at radius 2 is 1.54 bits per heavy atom. The Balaban J connectivity index is 1.54. The van der Waals surface area contributed by atoms with Crippen molar-refractivity contribution in [1.82, 2.24) is 4.90 Å². The van der Waals surface area contributed by atoms with Crippen LogP contribution >= 0.6 is 0 Å². The van der Waals surface area contributed by atoms with E-state index < -0.39 is 17.7 Å². The van der Waals surface area contributed by atoms with Crippen LogP contribution in [0.1, 0.15) is 29.2 Å². The number of benzene rings is 3. The summed E-state index contributed by atoms with van der Waals surface area (Å²) >= 11 is 0. The third-order valence-electron chi connectivity index (χ3n) is 6.07. The number of methoxy groups -OCH3 is 1. The first-order valence-corrected chi connectivity index (χ1v) is 11.7. The summed E-state index contributed by atoms with van der Waals surface area (Å²) in [6.07, 6.45) is 0.727. The molecule has 1 unspecified atom stereocenters. The number of carbonyl (C=O) groups is 2. The molecule has 3 aromatic carbocycles. The standard InChI is InChI=1S/C29H29NO5/c1-34-19-18-30-27(23-13-15-24(16-14-23)35-20-22-10-6-3-7-11-22)26(28(32)29(30)33)25(31)17-12-21-8-4-2-5-9-21/h2-11,13-16,27,32H,12,17-20H2,1H3. The van der Waals surface area contributed by atoms with Gasteiger partial charge in [0, 0.05) is 20.1 Å². The normalized spacial score (nSPS) is 15.5. The Hall–Kier alpha value is -3.90. The molecule has 0 fully saturated rings. The van der Waals surface area contributed by atoms with Gasteiger partial charge >= 0.3 is 0 Å². The maximum atomic E-state index is 13.3. The Bertz CT molecular complexity index is 1170. The van der Waals surface area contributed by atoms with E-state index in [4.69, 9.17) is 9.47 Å². The van der Waals surface area contributed by atoms with Gasteiger partial charge in [0.1, 0.15) is 12.4 Å². The highest BCUT2D eigenvalue weighted by molar-refractivity contribution is 6.09. The lowest BCUT2D eigenvalue weighted by Gasteiger charge is -2.26. The van der Waals surface area contributed by atoms with Gasteiger partial charge in [0.25, 0.3) is 5.91 Å². The van der Waals surface area contributed by atoms with Crippen LogP contribution in [0.25, 0.3) is 0 Å². The van der Waals surface area contributed by atoms with Gasteiger partial charge in [-0.05, 0) is 35.2 Å². The van der Waals surface area contributed by atoms with Crippen molar-refractivity contribution < 1.29 is 24.2 Å². The number of Topliss-reactive ketones (excluding diaryl/α,β-unsaturated/α-hetero) is 1. The van der Waals surface area contributed by atoms with E-state index in [0.29, 0.717) is 25.4 Å². The van der Waals surface area contributed by atoms with E-state index in [2.05, 4.69) is 0 Å². The van der Waals surface area contributed by atoms with Crippen LogP contribution in [0.5, 0.6) is 5.75 Å². The van der Waals surface area contributed by atoms with Gasteiger partial charge < -0.3 is 19.5 Å². The quantitative estimate of drug-likeness (QED) is 0.434. The summed E-state index contributed by atoms with van der Waals surface area (Å²) in [6.45, 7) is 0.983. The predicted octanol–water partition coefficient (Wildman–Crippen LogP) is 4.81. The van der Waals surface area contributed by atoms with Gasteiger partial charge in [0.05, 0.1) is 18.2 Å². The molecular formula is C29H29NO5. The van der Waals surface area contributed by atoms with Crippen molar-refractivity contribution in [3.8, 4) is 5.75 Å². The fraction of sp³-hybridized carbons (Fsp3) is 0.241. The molecule has 1 amide bonds. The fourth-order valence-corrected chi connectivity index (χ4v) is 4.23. The van der Waals surface area contributed by atoms with E-state index in [1.165, 1.54) is 4.90 Å². The van der Waals surface area contributed by atoms with Crippen LogP contribution in [0.15, 0.2) is 96.3 Å². The molecule has 0 bridgehead atoms. The molecule has 35 heavy (non-hydrogen) atoms. The zero-order valence-electron chi connectivity index (χ0n) is 19.7. The molecule has 0 spiro atoms. The first-order chi connectivity index (χ1) is 17.1. The number of rotatable bonds is 11. The molecule has 6 heteroatoms. The van der Waals surface area contributed by atoms with Crippen LogP contribution in [-0.4, -0.2) is 42.0 Å². The number of hydrogen-bond acceptors (Lipinski definition) is 5. The zero-order chi connectivity index (χ0) is 24.6. The molecule has 180 valence electrons. The van der Waals surface area contributed by atoms with Gasteiger partial charge in [-0.1, -0.05) is 72.8 Å². The number of carbonyl (C=O) groups excluding carboxylic acids is 2. The highest BCUT2D eigenvalue weighted by Gasteiger charge is 2.42. The topological polar surface area (TPSA) is 76.1 Å². The van der Waals surface area contributed by atoms with Crippen LogP contribution in [0, 0.1) is 0 Å². The first kappa shape index (κ1) is 24.2. The molecule has 1 heterocycles. The van der Waals surface area contributed by atoms with Crippen molar-refractivity contribution in [2.45, 2.75) is 25.5 Å². The molecule has 0 aromatic heterocycles. The van der Waals surface area contributed by atoms with Crippen molar-refractivity contribution in [2.24, 2.45) is 0 Å². The average molecular weight is 472 g/mol. The number of nitrogens with zero attached hydrogens (tertiary/aromatic N) is 1. The number of ketones is 1. The zero-order valence-corrected chi connectivity index (χ0v) is 19.7. The first-order valence-electron chi connectivity index (χ1n) is 11.7. The third kappa shape index (κ3) is 5.78. The SMILES string of the molecule is COCCN1C(=O)C(O)=C(C(=O)CCc2ccccc2)C1c1ccc(OCc2ccccc2)cc1. The van der Waals surface area contributed by atoms with Crippen LogP contribution in [0.2, 0.25) is 0 Å². The van der Waals surface area contributed by atoms with Crippen molar-refractivity contribution in [3.63, 3.8) is 0 Å². The Labute approximate surface area is 205 Å². The van der Waals surface area contributed by atoms with Gasteiger partial charge in [0.2, 0.25) is 0 Å². The maximum Gasteiger partial charge on any atom is 0.290 e. The highest BCUT2D eigenvalue weighted by Crippen LogP contribution is 2.38. The minimum Gasteiger partial charge on any atom is -0.503 e. The molecule has 6 nitrogen and oxygen atoms in total. The lowest BCUT2D eigenvalue weighted by Crippen LogP contribution is -2.34. The Morgan fingerprint density at radius 1 is 0.914 bits per heavy atom. The molecule has 1 aliphatic heterocycles. The molecule has 1 N–H and O–H groups in total. The minimum absolute atomic E-state index is 0.139. The Morgan fingerprint density at radius 3 is 2.17 bits per heavy atom. The van der Waals surface area contributed by atoms with E-state index in [9.17, 15) is 14.7 Å². The molecule has 0 radical (unpaired) electrons. The van der Waals surface area contributed by atoms with Gasteiger partial charge in [0.15, 0.2) is 11.5 Å². The smallest absolute Gasteiger partial charge is 0.290 e. The second-order valence-electron chi connectivity index (χ2n) is 8.41. The van der Waals surface area contributed by atoms with E-state index in [1.54, 1.807) is 7.11 Å². The van der Waals surface area contributed by atoms with Crippen LogP contribution < -0.4 is 4.74 Å². The summed E-state index contributed by atoms with van der Waals surface area (Å²) in [6, 6.07) is 26.2. The number of amides is 1. The van der Waals surface area contributed by atoms with Gasteiger partial charge in [-0.2, -0.15) is 0 Å². The van der Waals surface area contributed by atoms with E-state index in [-0.39, 0.29) is 24.3 Å². The molecule has 1 atom stereocenters. The van der Waals surface area contributed by atoms with Crippen LogP contribution in [-0.2, 0) is 27.4 Å². The second-order valence-corrected chi connectivity index (χ2v) is 8.41. The van der Waals surface area contributed by atoms with Gasteiger partial charge in [-0.25, -0.2) is 0 Å².